The van der Waals surface area contributed by atoms with Crippen molar-refractivity contribution >= 4 is 52.2 Å². The molecule has 6 heteroatoms. The van der Waals surface area contributed by atoms with E-state index in [2.05, 4.69) is 0 Å². The van der Waals surface area contributed by atoms with E-state index in [1.807, 2.05) is 20.8 Å². The van der Waals surface area contributed by atoms with Crippen molar-refractivity contribution in [3.63, 3.8) is 0 Å². The molecule has 0 aliphatic carbocycles. The first kappa shape index (κ1) is 16.3. The zero-order chi connectivity index (χ0) is 61.8. The molecule has 3 aromatic carbocycles. The maximum absolute atomic E-state index is 13.0. The molecule has 3 atom stereocenters. The van der Waals surface area contributed by atoms with Crippen molar-refractivity contribution in [2.45, 2.75) is 102 Å². The topological polar surface area (TPSA) is 51.2 Å². The number of rotatable bonds is 9. The van der Waals surface area contributed by atoms with Gasteiger partial charge in [-0.1, -0.05) is 154 Å². The maximum Gasteiger partial charge on any atom is 0.165 e. The first-order valence-electron chi connectivity index (χ1n) is 28.6. The molecule has 264 valence electrons. The smallest absolute Gasteiger partial charge is 0.165 e. The van der Waals surface area contributed by atoms with Crippen LogP contribution in [0.4, 0.5) is 0 Å². The van der Waals surface area contributed by atoms with Crippen LogP contribution in [0.25, 0.3) is 0 Å². The number of carbonyl (C=O) groups excluding carboxylic acids is 3. The van der Waals surface area contributed by atoms with Gasteiger partial charge < -0.3 is 0 Å². The highest BCUT2D eigenvalue weighted by Crippen LogP contribution is 2.29. The van der Waals surface area contributed by atoms with Gasteiger partial charge in [-0.2, -0.15) is 0 Å². The summed E-state index contributed by atoms with van der Waals surface area (Å²) < 4.78 is 224. The third kappa shape index (κ3) is 17.8. The summed E-state index contributed by atoms with van der Waals surface area (Å²) in [6, 6.07) is 0.284. The van der Waals surface area contributed by atoms with E-state index in [9.17, 15) is 14.4 Å². The Morgan fingerprint density at radius 1 is 0.625 bits per heavy atom. The molecule has 0 saturated heterocycles. The van der Waals surface area contributed by atoms with E-state index < -0.39 is 159 Å². The second-order valence-electron chi connectivity index (χ2n) is 12.1. The number of hydrogen-bond donors (Lipinski definition) is 0. The molecule has 48 heavy (non-hydrogen) atoms. The Morgan fingerprint density at radius 2 is 1.00 bits per heavy atom. The van der Waals surface area contributed by atoms with Gasteiger partial charge in [0.15, 0.2) is 17.3 Å². The Bertz CT molecular complexity index is 2560. The van der Waals surface area contributed by atoms with Crippen molar-refractivity contribution in [1.29, 1.82) is 0 Å². The van der Waals surface area contributed by atoms with Gasteiger partial charge in [0.25, 0.3) is 0 Å². The normalized spacial score (nSPS) is 25.9. The number of hydrogen-bond acceptors (Lipinski definition) is 3. The van der Waals surface area contributed by atoms with Crippen LogP contribution in [-0.4, -0.2) is 17.3 Å². The molecule has 0 aliphatic heterocycles. The summed E-state index contributed by atoms with van der Waals surface area (Å²) in [4.78, 5) is 38.3. The highest BCUT2D eigenvalue weighted by molar-refractivity contribution is 6.31. The second kappa shape index (κ2) is 19.1. The lowest BCUT2D eigenvalue weighted by atomic mass is 9.82. The molecule has 0 heterocycles. The zero-order valence-electron chi connectivity index (χ0n) is 56.3. The molecule has 0 amide bonds. The van der Waals surface area contributed by atoms with E-state index in [0.29, 0.717) is 0 Å². The van der Waals surface area contributed by atoms with E-state index in [4.69, 9.17) is 74.6 Å². The van der Waals surface area contributed by atoms with Crippen LogP contribution < -0.4 is 0 Å². The predicted octanol–water partition coefficient (Wildman–Crippen LogP) is 13.8. The summed E-state index contributed by atoms with van der Waals surface area (Å²) in [7, 11) is 0. The highest BCUT2D eigenvalue weighted by Gasteiger charge is 2.24. The number of ketones is 3. The Labute approximate surface area is 346 Å². The second-order valence-corrected chi connectivity index (χ2v) is 13.3. The maximum atomic E-state index is 13.0. The van der Waals surface area contributed by atoms with Gasteiger partial charge in [0.05, 0.1) is 11.0 Å². The minimum atomic E-state index is -3.64. The van der Waals surface area contributed by atoms with Crippen LogP contribution in [0.2, 0.25) is 15.1 Å². The first-order valence-corrected chi connectivity index (χ1v) is 15.3. The molecule has 3 aromatic rings. The Kier molecular flexibility index (Phi) is 6.46. The van der Waals surface area contributed by atoms with Crippen LogP contribution in [0.1, 0.15) is 173 Å². The molecular weight excluding hydrogens is 659 g/mol. The SMILES string of the molecule is [2H]C([2H])([2H])C(C[C@@]([2H])(C)C(=O)c1cccc(Cl)c1)(C([2H])([2H])[2H])C([2H])([2H])[2H].[2H]c1c([2H])c(Cl)c([2H])c(C(=O)[C@]([2H])(C)CC(C([2H])([2H])[2H])(C([2H])([2H])[2H])C([2H])([2H])[2H])c1[2H].[2H]c1c([2H])c(Cl)c([2H])c(C(=O)[C@]([2H])(C)CC(C)(C)C)c1[2H]. The molecule has 3 nitrogen and oxygen atoms in total. The molecule has 0 aliphatic rings. The predicted molar refractivity (Wildman–Crippen MR) is 207 cm³/mol. The lowest BCUT2D eigenvalue weighted by molar-refractivity contribution is 0.0891. The van der Waals surface area contributed by atoms with Gasteiger partial charge in [-0.3, -0.25) is 14.4 Å². The van der Waals surface area contributed by atoms with Gasteiger partial charge >= 0.3 is 0 Å². The number of carbonyl (C=O) groups is 3. The van der Waals surface area contributed by atoms with Crippen LogP contribution in [0.5, 0.6) is 0 Å². The summed E-state index contributed by atoms with van der Waals surface area (Å²) in [6.45, 7) is -12.4. The Morgan fingerprint density at radius 3 is 1.35 bits per heavy atom. The van der Waals surface area contributed by atoms with Crippen molar-refractivity contribution in [1.82, 2.24) is 0 Å². The molecule has 0 N–H and O–H groups in total. The van der Waals surface area contributed by atoms with Crippen LogP contribution in [-0.2, 0) is 0 Å². The standard InChI is InChI=1S/3C14H19ClO/c3*1-10(9-14(2,3)4)13(16)11-6-5-7-12(15)8-11/h3*5-8,10H,9H2,1-4H3/t3*10-/m111/s1/i2D3,3D3,4D3,5D,6D,7D,8D,10D;5D,6D,7D,8D,10D;2D3,3D3,4D3,10D. The number of Topliss-reactive ketones (excluding diaryl/α,β-unsaturated/α-hetero) is 3. The fraction of sp³-hybridized carbons (Fsp3) is 0.500. The molecule has 0 fully saturated rings. The van der Waals surface area contributed by atoms with Crippen LogP contribution in [0.3, 0.4) is 0 Å². The van der Waals surface area contributed by atoms with Gasteiger partial charge in [-0.15, -0.1) is 0 Å². The lowest BCUT2D eigenvalue weighted by Crippen LogP contribution is -2.18. The number of halogens is 3. The molecule has 0 radical (unpaired) electrons. The minimum Gasteiger partial charge on any atom is -0.294 e. The largest absolute Gasteiger partial charge is 0.294 e. The van der Waals surface area contributed by atoms with Crippen molar-refractivity contribution < 1.29 is 54.1 Å². The average molecular weight is 745 g/mol. The van der Waals surface area contributed by atoms with Gasteiger partial charge in [-0.25, -0.2) is 0 Å². The summed E-state index contributed by atoms with van der Waals surface area (Å²) in [5, 5.41) is -0.796. The average Bonchev–Trinajstić information content (AvgIpc) is 3.21. The molecule has 3 rings (SSSR count). The van der Waals surface area contributed by atoms with Crippen molar-refractivity contribution in [2.24, 2.45) is 33.9 Å². The van der Waals surface area contributed by atoms with Gasteiger partial charge in [0.1, 0.15) is 0 Å². The lowest BCUT2D eigenvalue weighted by Gasteiger charge is -2.22. The van der Waals surface area contributed by atoms with E-state index >= 15 is 0 Å². The summed E-state index contributed by atoms with van der Waals surface area (Å²) in [5.41, 5.74) is -8.26. The van der Waals surface area contributed by atoms with Crippen LogP contribution >= 0.6 is 34.8 Å². The fourth-order valence-corrected chi connectivity index (χ4v) is 4.48. The van der Waals surface area contributed by atoms with E-state index in [-0.39, 0.29) is 33.0 Å². The Balaban J connectivity index is 0.000000586. The molecule has 0 bridgehead atoms. The quantitative estimate of drug-likeness (QED) is 0.205. The molecule has 0 unspecified atom stereocenters. The Hall–Kier alpha value is -2.46. The monoisotopic (exact) mass is 744 g/mol. The van der Waals surface area contributed by atoms with Gasteiger partial charge in [-0.05, 0) is 71.8 Å². The molecule has 0 spiro atoms. The fourth-order valence-electron chi connectivity index (χ4n) is 4.00. The van der Waals surface area contributed by atoms with Crippen LogP contribution in [0.15, 0.2) is 72.6 Å². The molecule has 0 saturated carbocycles. The van der Waals surface area contributed by atoms with Gasteiger partial charge in [0.2, 0.25) is 0 Å². The van der Waals surface area contributed by atoms with Crippen LogP contribution in [0, 0.1) is 33.9 Å². The zero-order valence-corrected chi connectivity index (χ0v) is 29.6. The summed E-state index contributed by atoms with van der Waals surface area (Å²) in [5.74, 6) is -9.65. The summed E-state index contributed by atoms with van der Waals surface area (Å²) in [6.07, 6.45) is -2.44. The number of benzene rings is 3. The third-order valence-electron chi connectivity index (χ3n) is 5.75. The minimum absolute atomic E-state index is 0.0366. The van der Waals surface area contributed by atoms with Crippen molar-refractivity contribution in [3.8, 4) is 0 Å². The van der Waals surface area contributed by atoms with Gasteiger partial charge in [0, 0.05) is 78.2 Å². The first-order chi connectivity index (χ1) is 33.7. The van der Waals surface area contributed by atoms with Crippen molar-refractivity contribution in [2.75, 3.05) is 0 Å². The van der Waals surface area contributed by atoms with E-state index in [0.717, 1.165) is 13.8 Å². The van der Waals surface area contributed by atoms with Crippen molar-refractivity contribution in [3.05, 3.63) is 104 Å². The summed E-state index contributed by atoms with van der Waals surface area (Å²) >= 11 is 17.3. The van der Waals surface area contributed by atoms with E-state index in [1.165, 1.54) is 31.2 Å². The molecule has 0 aromatic heterocycles. The molecular formula is C42H57Cl3O3. The van der Waals surface area contributed by atoms with E-state index in [1.54, 1.807) is 0 Å². The third-order valence-corrected chi connectivity index (χ3v) is 6.36. The highest BCUT2D eigenvalue weighted by atomic mass is 35.5.